The van der Waals surface area contributed by atoms with Gasteiger partial charge in [-0.2, -0.15) is 0 Å². The molecule has 0 saturated heterocycles. The molecule has 1 fully saturated rings. The Labute approximate surface area is 121 Å². The van der Waals surface area contributed by atoms with Gasteiger partial charge in [-0.25, -0.2) is 0 Å². The standard InChI is InChI=1S/C19H23N/c20-18-13-11-17(12-14-18)19(15-7-3-1-4-8-15)16-9-5-2-6-10-16/h1-10,17-19H,11-14,20H2. The Hall–Kier alpha value is -1.60. The molecule has 3 rings (SSSR count). The van der Waals surface area contributed by atoms with Gasteiger partial charge in [0.1, 0.15) is 0 Å². The van der Waals surface area contributed by atoms with Crippen LogP contribution in [0.15, 0.2) is 60.7 Å². The maximum Gasteiger partial charge on any atom is 0.0118 e. The molecule has 0 heterocycles. The lowest BCUT2D eigenvalue weighted by molar-refractivity contribution is 0.301. The Bertz CT molecular complexity index is 472. The molecule has 1 aliphatic carbocycles. The molecule has 0 aromatic heterocycles. The number of nitrogens with two attached hydrogens (primary N) is 1. The van der Waals surface area contributed by atoms with Crippen molar-refractivity contribution in [2.24, 2.45) is 11.7 Å². The quantitative estimate of drug-likeness (QED) is 0.878. The minimum Gasteiger partial charge on any atom is -0.328 e. The van der Waals surface area contributed by atoms with E-state index in [9.17, 15) is 0 Å². The highest BCUT2D eigenvalue weighted by Gasteiger charge is 2.28. The van der Waals surface area contributed by atoms with Crippen molar-refractivity contribution in [3.63, 3.8) is 0 Å². The van der Waals surface area contributed by atoms with Gasteiger partial charge < -0.3 is 5.73 Å². The van der Waals surface area contributed by atoms with E-state index in [0.717, 1.165) is 5.92 Å². The summed E-state index contributed by atoms with van der Waals surface area (Å²) in [6, 6.07) is 22.3. The van der Waals surface area contributed by atoms with Gasteiger partial charge in [-0.05, 0) is 42.7 Å². The van der Waals surface area contributed by atoms with E-state index in [-0.39, 0.29) is 0 Å². The minimum absolute atomic E-state index is 0.415. The number of hydrogen-bond acceptors (Lipinski definition) is 1. The van der Waals surface area contributed by atoms with Gasteiger partial charge in [0.15, 0.2) is 0 Å². The molecule has 104 valence electrons. The topological polar surface area (TPSA) is 26.0 Å². The molecule has 0 unspecified atom stereocenters. The fourth-order valence-electron chi connectivity index (χ4n) is 3.54. The largest absolute Gasteiger partial charge is 0.328 e. The zero-order valence-corrected chi connectivity index (χ0v) is 11.9. The summed E-state index contributed by atoms with van der Waals surface area (Å²) >= 11 is 0. The van der Waals surface area contributed by atoms with E-state index in [0.29, 0.717) is 12.0 Å². The summed E-state index contributed by atoms with van der Waals surface area (Å²) in [6.45, 7) is 0. The van der Waals surface area contributed by atoms with E-state index in [4.69, 9.17) is 5.73 Å². The van der Waals surface area contributed by atoms with Crippen LogP contribution in [0.25, 0.3) is 0 Å². The highest BCUT2D eigenvalue weighted by molar-refractivity contribution is 5.33. The van der Waals surface area contributed by atoms with Crippen molar-refractivity contribution >= 4 is 0 Å². The van der Waals surface area contributed by atoms with Crippen LogP contribution in [0.1, 0.15) is 42.7 Å². The highest BCUT2D eigenvalue weighted by atomic mass is 14.6. The predicted molar refractivity (Wildman–Crippen MR) is 84.7 cm³/mol. The summed E-state index contributed by atoms with van der Waals surface area (Å²) in [5, 5.41) is 0. The van der Waals surface area contributed by atoms with Crippen molar-refractivity contribution < 1.29 is 0 Å². The first kappa shape index (κ1) is 13.4. The molecule has 1 saturated carbocycles. The van der Waals surface area contributed by atoms with E-state index in [1.165, 1.54) is 36.8 Å². The SMILES string of the molecule is NC1CCC(C(c2ccccc2)c2ccccc2)CC1. The van der Waals surface area contributed by atoms with E-state index in [1.54, 1.807) is 0 Å². The maximum absolute atomic E-state index is 6.07. The molecule has 1 nitrogen and oxygen atoms in total. The van der Waals surface area contributed by atoms with Gasteiger partial charge in [-0.15, -0.1) is 0 Å². The molecule has 0 atom stereocenters. The van der Waals surface area contributed by atoms with Crippen LogP contribution in [0.4, 0.5) is 0 Å². The second-order valence-electron chi connectivity index (χ2n) is 5.97. The summed E-state index contributed by atoms with van der Waals surface area (Å²) in [5.74, 6) is 1.24. The van der Waals surface area contributed by atoms with Gasteiger partial charge in [0.2, 0.25) is 0 Å². The predicted octanol–water partition coefficient (Wildman–Crippen LogP) is 4.34. The molecule has 1 aliphatic rings. The summed E-state index contributed by atoms with van der Waals surface area (Å²) in [5.41, 5.74) is 8.96. The maximum atomic E-state index is 6.07. The monoisotopic (exact) mass is 265 g/mol. The molecule has 2 aromatic rings. The normalized spacial score (nSPS) is 22.9. The number of benzene rings is 2. The summed E-state index contributed by atoms with van der Waals surface area (Å²) in [6.07, 6.45) is 4.83. The molecule has 1 heteroatoms. The number of rotatable bonds is 3. The summed E-state index contributed by atoms with van der Waals surface area (Å²) < 4.78 is 0. The van der Waals surface area contributed by atoms with Crippen molar-refractivity contribution in [1.29, 1.82) is 0 Å². The van der Waals surface area contributed by atoms with Crippen LogP contribution in [0.3, 0.4) is 0 Å². The van der Waals surface area contributed by atoms with Crippen molar-refractivity contribution in [2.75, 3.05) is 0 Å². The molecule has 2 aromatic carbocycles. The van der Waals surface area contributed by atoms with Gasteiger partial charge in [-0.3, -0.25) is 0 Å². The molecule has 0 spiro atoms. The Balaban J connectivity index is 1.92. The van der Waals surface area contributed by atoms with Crippen LogP contribution < -0.4 is 5.73 Å². The van der Waals surface area contributed by atoms with Crippen LogP contribution in [-0.4, -0.2) is 6.04 Å². The van der Waals surface area contributed by atoms with Crippen LogP contribution >= 0.6 is 0 Å². The molecule has 0 amide bonds. The van der Waals surface area contributed by atoms with Crippen molar-refractivity contribution in [2.45, 2.75) is 37.6 Å². The van der Waals surface area contributed by atoms with E-state index >= 15 is 0 Å². The van der Waals surface area contributed by atoms with E-state index in [1.807, 2.05) is 0 Å². The summed E-state index contributed by atoms with van der Waals surface area (Å²) in [7, 11) is 0. The average molecular weight is 265 g/mol. The van der Waals surface area contributed by atoms with Crippen LogP contribution in [-0.2, 0) is 0 Å². The van der Waals surface area contributed by atoms with Crippen molar-refractivity contribution in [3.8, 4) is 0 Å². The minimum atomic E-state index is 0.415. The van der Waals surface area contributed by atoms with Gasteiger partial charge in [0.25, 0.3) is 0 Å². The Morgan fingerprint density at radius 1 is 0.700 bits per heavy atom. The van der Waals surface area contributed by atoms with E-state index in [2.05, 4.69) is 60.7 Å². The van der Waals surface area contributed by atoms with Gasteiger partial charge >= 0.3 is 0 Å². The van der Waals surface area contributed by atoms with Crippen molar-refractivity contribution in [3.05, 3.63) is 71.8 Å². The fourth-order valence-corrected chi connectivity index (χ4v) is 3.54. The molecule has 2 N–H and O–H groups in total. The van der Waals surface area contributed by atoms with Gasteiger partial charge in [-0.1, -0.05) is 60.7 Å². The third kappa shape index (κ3) is 2.94. The number of hydrogen-bond donors (Lipinski definition) is 1. The van der Waals surface area contributed by atoms with Gasteiger partial charge in [0.05, 0.1) is 0 Å². The van der Waals surface area contributed by atoms with E-state index < -0.39 is 0 Å². The van der Waals surface area contributed by atoms with Crippen LogP contribution in [0.5, 0.6) is 0 Å². The smallest absolute Gasteiger partial charge is 0.0118 e. The Morgan fingerprint density at radius 2 is 1.15 bits per heavy atom. The average Bonchev–Trinajstić information content (AvgIpc) is 2.52. The zero-order chi connectivity index (χ0) is 13.8. The fraction of sp³-hybridized carbons (Fsp3) is 0.368. The molecule has 0 aliphatic heterocycles. The first-order valence-corrected chi connectivity index (χ1v) is 7.70. The second kappa shape index (κ2) is 6.23. The van der Waals surface area contributed by atoms with Crippen LogP contribution in [0, 0.1) is 5.92 Å². The Kier molecular flexibility index (Phi) is 4.17. The first-order valence-electron chi connectivity index (χ1n) is 7.70. The van der Waals surface area contributed by atoms with Gasteiger partial charge in [0, 0.05) is 12.0 Å². The Morgan fingerprint density at radius 3 is 1.60 bits per heavy atom. The highest BCUT2D eigenvalue weighted by Crippen LogP contribution is 2.39. The lowest BCUT2D eigenvalue weighted by Crippen LogP contribution is -2.29. The lowest BCUT2D eigenvalue weighted by Gasteiger charge is -2.33. The molecule has 20 heavy (non-hydrogen) atoms. The molecule has 0 radical (unpaired) electrons. The van der Waals surface area contributed by atoms with Crippen molar-refractivity contribution in [1.82, 2.24) is 0 Å². The third-order valence-electron chi connectivity index (χ3n) is 4.61. The second-order valence-corrected chi connectivity index (χ2v) is 5.97. The molecular formula is C19H23N. The third-order valence-corrected chi connectivity index (χ3v) is 4.61. The molecular weight excluding hydrogens is 242 g/mol. The summed E-state index contributed by atoms with van der Waals surface area (Å²) in [4.78, 5) is 0. The molecule has 0 bridgehead atoms. The lowest BCUT2D eigenvalue weighted by atomic mass is 9.73. The first-order chi connectivity index (χ1) is 9.84. The zero-order valence-electron chi connectivity index (χ0n) is 11.9. The van der Waals surface area contributed by atoms with Crippen LogP contribution in [0.2, 0.25) is 0 Å².